The molecule has 1 aliphatic rings. The van der Waals surface area contributed by atoms with Crippen LogP contribution in [-0.4, -0.2) is 23.9 Å². The van der Waals surface area contributed by atoms with E-state index in [9.17, 15) is 4.79 Å². The highest BCUT2D eigenvalue weighted by Gasteiger charge is 2.22. The summed E-state index contributed by atoms with van der Waals surface area (Å²) in [5.74, 6) is 0.881. The smallest absolute Gasteiger partial charge is 0.254 e. The second kappa shape index (κ2) is 6.76. The van der Waals surface area contributed by atoms with E-state index in [4.69, 9.17) is 11.6 Å². The molecule has 1 heterocycles. The molecule has 0 N–H and O–H groups in total. The van der Waals surface area contributed by atoms with Gasteiger partial charge in [0.25, 0.3) is 5.91 Å². The summed E-state index contributed by atoms with van der Waals surface area (Å²) in [6, 6.07) is 5.35. The fourth-order valence-corrected chi connectivity index (χ4v) is 3.46. The third-order valence-electron chi connectivity index (χ3n) is 3.87. The Balaban J connectivity index is 2.10. The maximum atomic E-state index is 12.5. The van der Waals surface area contributed by atoms with Gasteiger partial charge in [-0.05, 0) is 59.3 Å². The molecule has 0 radical (unpaired) electrons. The molecule has 1 aromatic carbocycles. The van der Waals surface area contributed by atoms with Gasteiger partial charge in [-0.25, -0.2) is 0 Å². The number of amides is 1. The molecule has 1 fully saturated rings. The first-order chi connectivity index (χ1) is 9.11. The van der Waals surface area contributed by atoms with Crippen molar-refractivity contribution in [3.63, 3.8) is 0 Å². The Bertz CT molecular complexity index is 463. The molecule has 2 rings (SSSR count). The van der Waals surface area contributed by atoms with Crippen LogP contribution in [0.2, 0.25) is 5.02 Å². The minimum Gasteiger partial charge on any atom is -0.339 e. The zero-order chi connectivity index (χ0) is 13.8. The molecule has 0 aromatic heterocycles. The lowest BCUT2D eigenvalue weighted by molar-refractivity contribution is 0.0759. The molecule has 0 bridgehead atoms. The molecule has 4 heteroatoms. The molecule has 104 valence electrons. The van der Waals surface area contributed by atoms with Crippen molar-refractivity contribution in [1.82, 2.24) is 4.90 Å². The average molecular weight is 345 g/mol. The molecular weight excluding hydrogens is 326 g/mol. The minimum absolute atomic E-state index is 0.111. The van der Waals surface area contributed by atoms with Gasteiger partial charge in [-0.1, -0.05) is 24.9 Å². The summed E-state index contributed by atoms with van der Waals surface area (Å²) in [6.45, 7) is 3.97. The third-order valence-corrected chi connectivity index (χ3v) is 4.76. The van der Waals surface area contributed by atoms with E-state index in [0.29, 0.717) is 10.6 Å². The minimum atomic E-state index is 0.111. The number of carbonyl (C=O) groups excluding carboxylic acids is 1. The summed E-state index contributed by atoms with van der Waals surface area (Å²) in [7, 11) is 0. The molecule has 1 aliphatic heterocycles. The van der Waals surface area contributed by atoms with E-state index in [0.717, 1.165) is 36.3 Å². The molecule has 1 saturated heterocycles. The molecule has 0 saturated carbocycles. The van der Waals surface area contributed by atoms with Gasteiger partial charge >= 0.3 is 0 Å². The monoisotopic (exact) mass is 343 g/mol. The van der Waals surface area contributed by atoms with Crippen molar-refractivity contribution in [3.05, 3.63) is 33.3 Å². The first-order valence-corrected chi connectivity index (χ1v) is 8.03. The molecule has 1 aromatic rings. The van der Waals surface area contributed by atoms with Gasteiger partial charge in [-0.2, -0.15) is 0 Å². The fourth-order valence-electron chi connectivity index (χ4n) is 2.61. The summed E-state index contributed by atoms with van der Waals surface area (Å²) in [5.41, 5.74) is 0.708. The molecule has 1 unspecified atom stereocenters. The topological polar surface area (TPSA) is 20.3 Å². The van der Waals surface area contributed by atoms with Gasteiger partial charge in [-0.15, -0.1) is 0 Å². The van der Waals surface area contributed by atoms with Crippen LogP contribution in [0.4, 0.5) is 0 Å². The predicted molar refractivity (Wildman–Crippen MR) is 82.7 cm³/mol. The summed E-state index contributed by atoms with van der Waals surface area (Å²) in [6.07, 6.45) is 4.68. The second-order valence-corrected chi connectivity index (χ2v) is 6.41. The summed E-state index contributed by atoms with van der Waals surface area (Å²) < 4.78 is 0.779. The number of hydrogen-bond donors (Lipinski definition) is 0. The van der Waals surface area contributed by atoms with Gasteiger partial charge in [0.2, 0.25) is 0 Å². The summed E-state index contributed by atoms with van der Waals surface area (Å²) in [4.78, 5) is 14.5. The van der Waals surface area contributed by atoms with E-state index in [1.54, 1.807) is 18.2 Å². The first-order valence-electron chi connectivity index (χ1n) is 6.86. The number of hydrogen-bond acceptors (Lipinski definition) is 1. The Hall–Kier alpha value is -0.540. The lowest BCUT2D eigenvalue weighted by Crippen LogP contribution is -2.32. The number of rotatable bonds is 2. The van der Waals surface area contributed by atoms with E-state index < -0.39 is 0 Å². The van der Waals surface area contributed by atoms with Gasteiger partial charge in [0.1, 0.15) is 0 Å². The van der Waals surface area contributed by atoms with Crippen molar-refractivity contribution in [2.45, 2.75) is 32.6 Å². The van der Waals surface area contributed by atoms with Crippen LogP contribution in [0.1, 0.15) is 43.0 Å². The Labute approximate surface area is 128 Å². The largest absolute Gasteiger partial charge is 0.339 e. The van der Waals surface area contributed by atoms with Gasteiger partial charge in [0, 0.05) is 22.6 Å². The van der Waals surface area contributed by atoms with Crippen LogP contribution in [0.15, 0.2) is 22.7 Å². The van der Waals surface area contributed by atoms with Crippen LogP contribution in [0.5, 0.6) is 0 Å². The van der Waals surface area contributed by atoms with Crippen molar-refractivity contribution >= 4 is 33.4 Å². The summed E-state index contributed by atoms with van der Waals surface area (Å²) in [5, 5.41) is 0.644. The van der Waals surface area contributed by atoms with E-state index >= 15 is 0 Å². The van der Waals surface area contributed by atoms with Gasteiger partial charge < -0.3 is 4.90 Å². The first kappa shape index (κ1) is 14.9. The highest BCUT2D eigenvalue weighted by molar-refractivity contribution is 9.10. The van der Waals surface area contributed by atoms with Gasteiger partial charge in [-0.3, -0.25) is 4.79 Å². The molecule has 0 aliphatic carbocycles. The molecule has 2 nitrogen and oxygen atoms in total. The zero-order valence-corrected chi connectivity index (χ0v) is 13.5. The van der Waals surface area contributed by atoms with E-state index in [1.807, 2.05) is 4.90 Å². The third kappa shape index (κ3) is 3.73. The number of benzene rings is 1. The van der Waals surface area contributed by atoms with Gasteiger partial charge in [0.05, 0.1) is 5.56 Å². The predicted octanol–water partition coefficient (Wildman–Crippen LogP) is 4.75. The maximum Gasteiger partial charge on any atom is 0.254 e. The Morgan fingerprint density at radius 2 is 2.21 bits per heavy atom. The van der Waals surface area contributed by atoms with Crippen molar-refractivity contribution < 1.29 is 4.79 Å². The summed E-state index contributed by atoms with van der Waals surface area (Å²) >= 11 is 9.34. The molecule has 19 heavy (non-hydrogen) atoms. The number of halogens is 2. The Morgan fingerprint density at radius 3 is 2.89 bits per heavy atom. The van der Waals surface area contributed by atoms with Crippen LogP contribution < -0.4 is 0 Å². The second-order valence-electron chi connectivity index (χ2n) is 5.12. The lowest BCUT2D eigenvalue weighted by atomic mass is 9.98. The van der Waals surface area contributed by atoms with Crippen LogP contribution in [0, 0.1) is 5.92 Å². The zero-order valence-electron chi connectivity index (χ0n) is 11.2. The molecule has 0 spiro atoms. The van der Waals surface area contributed by atoms with Crippen LogP contribution >= 0.6 is 27.5 Å². The quantitative estimate of drug-likeness (QED) is 0.758. The number of likely N-dealkylation sites (tertiary alicyclic amines) is 1. The normalized spacial score (nSPS) is 20.2. The number of carbonyl (C=O) groups is 1. The van der Waals surface area contributed by atoms with E-state index in [-0.39, 0.29) is 5.91 Å². The maximum absolute atomic E-state index is 12.5. The Kier molecular flexibility index (Phi) is 5.28. The van der Waals surface area contributed by atoms with Crippen molar-refractivity contribution in [3.8, 4) is 0 Å². The highest BCUT2D eigenvalue weighted by atomic mass is 79.9. The fraction of sp³-hybridized carbons (Fsp3) is 0.533. The molecule has 1 atom stereocenters. The van der Waals surface area contributed by atoms with Crippen LogP contribution in [0.25, 0.3) is 0 Å². The van der Waals surface area contributed by atoms with Crippen molar-refractivity contribution in [2.24, 2.45) is 5.92 Å². The van der Waals surface area contributed by atoms with E-state index in [2.05, 4.69) is 22.9 Å². The van der Waals surface area contributed by atoms with Crippen molar-refractivity contribution in [1.29, 1.82) is 0 Å². The van der Waals surface area contributed by atoms with Gasteiger partial charge in [0.15, 0.2) is 0 Å². The highest BCUT2D eigenvalue weighted by Crippen LogP contribution is 2.25. The average Bonchev–Trinajstić information content (AvgIpc) is 2.63. The van der Waals surface area contributed by atoms with Crippen molar-refractivity contribution in [2.75, 3.05) is 13.1 Å². The van der Waals surface area contributed by atoms with Crippen LogP contribution in [0.3, 0.4) is 0 Å². The lowest BCUT2D eigenvalue weighted by Gasteiger charge is -2.21. The standard InChI is InChI=1S/C15H19BrClNO/c1-2-11-4-3-8-18(9-7-11)15(19)13-6-5-12(17)10-14(13)16/h5-6,10-11H,2-4,7-9H2,1H3. The Morgan fingerprint density at radius 1 is 1.42 bits per heavy atom. The molecule has 1 amide bonds. The molecular formula is C15H19BrClNO. The number of nitrogens with zero attached hydrogens (tertiary/aromatic N) is 1. The van der Waals surface area contributed by atoms with E-state index in [1.165, 1.54) is 12.8 Å². The SMILES string of the molecule is CCC1CCCN(C(=O)c2ccc(Cl)cc2Br)CC1. The van der Waals surface area contributed by atoms with Crippen LogP contribution in [-0.2, 0) is 0 Å².